The van der Waals surface area contributed by atoms with Crippen molar-refractivity contribution >= 4 is 29.3 Å². The van der Waals surface area contributed by atoms with Crippen LogP contribution in [0.25, 0.3) is 0 Å². The number of rotatable bonds is 5. The van der Waals surface area contributed by atoms with E-state index in [2.05, 4.69) is 9.97 Å². The molecule has 0 saturated heterocycles. The van der Waals surface area contributed by atoms with Crippen molar-refractivity contribution in [1.29, 1.82) is 0 Å². The largest absolute Gasteiger partial charge is 0.341 e. The van der Waals surface area contributed by atoms with Crippen molar-refractivity contribution in [3.05, 3.63) is 51.6 Å². The minimum absolute atomic E-state index is 0.123. The number of hydrogen-bond acceptors (Lipinski definition) is 4. The first-order valence-electron chi connectivity index (χ1n) is 7.41. The maximum Gasteiger partial charge on any atom is 0.233 e. The molecule has 1 amide bonds. The number of carbonyl (C=O) groups is 1. The highest BCUT2D eigenvalue weighted by Gasteiger charge is 2.15. The number of carbonyl (C=O) groups excluding carboxylic acids is 1. The van der Waals surface area contributed by atoms with Gasteiger partial charge in [0.25, 0.3) is 0 Å². The molecule has 0 aliphatic heterocycles. The Morgan fingerprint density at radius 2 is 1.88 bits per heavy atom. The van der Waals surface area contributed by atoms with Crippen LogP contribution in [0.5, 0.6) is 0 Å². The van der Waals surface area contributed by atoms with Crippen LogP contribution in [0.2, 0.25) is 5.02 Å². The topological polar surface area (TPSA) is 46.1 Å². The van der Waals surface area contributed by atoms with Gasteiger partial charge in [-0.05, 0) is 38.5 Å². The highest BCUT2D eigenvalue weighted by molar-refractivity contribution is 7.99. The van der Waals surface area contributed by atoms with E-state index in [1.807, 2.05) is 20.8 Å². The molecule has 0 radical (unpaired) electrons. The van der Waals surface area contributed by atoms with Gasteiger partial charge in [0.05, 0.1) is 5.75 Å². The van der Waals surface area contributed by atoms with Crippen LogP contribution >= 0.6 is 23.4 Å². The second-order valence-corrected chi connectivity index (χ2v) is 6.89. The number of nitrogens with zero attached hydrogens (tertiary/aromatic N) is 3. The minimum Gasteiger partial charge on any atom is -0.341 e. The van der Waals surface area contributed by atoms with Crippen LogP contribution in [0, 0.1) is 26.6 Å². The predicted molar refractivity (Wildman–Crippen MR) is 94.9 cm³/mol. The van der Waals surface area contributed by atoms with Gasteiger partial charge in [0.2, 0.25) is 5.91 Å². The lowest BCUT2D eigenvalue weighted by Gasteiger charge is -2.18. The summed E-state index contributed by atoms with van der Waals surface area (Å²) in [5.41, 5.74) is 3.18. The maximum atomic E-state index is 13.8. The lowest BCUT2D eigenvalue weighted by molar-refractivity contribution is -0.127. The Morgan fingerprint density at radius 1 is 1.25 bits per heavy atom. The number of hydrogen-bond donors (Lipinski definition) is 0. The highest BCUT2D eigenvalue weighted by Crippen LogP contribution is 2.21. The predicted octanol–water partition coefficient (Wildman–Crippen LogP) is 3.95. The summed E-state index contributed by atoms with van der Waals surface area (Å²) in [4.78, 5) is 22.5. The Balaban J connectivity index is 2.00. The molecule has 128 valence electrons. The van der Waals surface area contributed by atoms with Crippen molar-refractivity contribution in [2.45, 2.75) is 32.5 Å². The molecule has 0 unspecified atom stereocenters. The van der Waals surface area contributed by atoms with Crippen molar-refractivity contribution < 1.29 is 9.18 Å². The quantitative estimate of drug-likeness (QED) is 0.593. The fourth-order valence-electron chi connectivity index (χ4n) is 2.05. The van der Waals surface area contributed by atoms with E-state index in [1.54, 1.807) is 13.1 Å². The fraction of sp³-hybridized carbons (Fsp3) is 0.353. The van der Waals surface area contributed by atoms with Crippen LogP contribution < -0.4 is 0 Å². The molecule has 2 aromatic rings. The van der Waals surface area contributed by atoms with Crippen molar-refractivity contribution in [1.82, 2.24) is 14.9 Å². The molecule has 4 nitrogen and oxygen atoms in total. The zero-order valence-electron chi connectivity index (χ0n) is 14.1. The Kier molecular flexibility index (Phi) is 6.18. The SMILES string of the molecule is Cc1nc(SCC(=O)N(C)Cc2c(F)cccc2Cl)nc(C)c1C. The Bertz CT molecular complexity index is 726. The number of thioether (sulfide) groups is 1. The summed E-state index contributed by atoms with van der Waals surface area (Å²) in [5.74, 6) is -0.369. The summed E-state index contributed by atoms with van der Waals surface area (Å²) in [6.45, 7) is 5.93. The van der Waals surface area contributed by atoms with Gasteiger partial charge in [0.15, 0.2) is 5.16 Å². The van der Waals surface area contributed by atoms with Crippen LogP contribution in [0.1, 0.15) is 22.5 Å². The second kappa shape index (κ2) is 7.94. The molecular weight excluding hydrogens is 349 g/mol. The molecule has 1 aromatic heterocycles. The van der Waals surface area contributed by atoms with Gasteiger partial charge in [-0.3, -0.25) is 4.79 Å². The molecule has 0 atom stereocenters. The van der Waals surface area contributed by atoms with E-state index in [1.165, 1.54) is 28.8 Å². The first-order chi connectivity index (χ1) is 11.3. The Labute approximate surface area is 150 Å². The van der Waals surface area contributed by atoms with Gasteiger partial charge in [0.1, 0.15) is 5.82 Å². The van der Waals surface area contributed by atoms with Gasteiger partial charge in [-0.2, -0.15) is 0 Å². The molecule has 0 fully saturated rings. The van der Waals surface area contributed by atoms with E-state index < -0.39 is 5.82 Å². The van der Waals surface area contributed by atoms with Gasteiger partial charge >= 0.3 is 0 Å². The monoisotopic (exact) mass is 367 g/mol. The van der Waals surface area contributed by atoms with Gasteiger partial charge < -0.3 is 4.90 Å². The van der Waals surface area contributed by atoms with Gasteiger partial charge in [-0.25, -0.2) is 14.4 Å². The molecule has 0 saturated carbocycles. The standard InChI is InChI=1S/C17H19ClFN3OS/c1-10-11(2)20-17(21-12(10)3)24-9-16(23)22(4)8-13-14(18)6-5-7-15(13)19/h5-7H,8-9H2,1-4H3. The first-order valence-corrected chi connectivity index (χ1v) is 8.77. The van der Waals surface area contributed by atoms with Gasteiger partial charge in [-0.15, -0.1) is 0 Å². The Morgan fingerprint density at radius 3 is 2.46 bits per heavy atom. The summed E-state index contributed by atoms with van der Waals surface area (Å²) >= 11 is 7.27. The van der Waals surface area contributed by atoms with E-state index in [4.69, 9.17) is 11.6 Å². The average Bonchev–Trinajstić information content (AvgIpc) is 2.53. The molecule has 7 heteroatoms. The van der Waals surface area contributed by atoms with Crippen molar-refractivity contribution in [3.8, 4) is 0 Å². The third-order valence-electron chi connectivity index (χ3n) is 3.82. The lowest BCUT2D eigenvalue weighted by Crippen LogP contribution is -2.28. The van der Waals surface area contributed by atoms with Crippen LogP contribution in [0.15, 0.2) is 23.4 Å². The number of benzene rings is 1. The van der Waals surface area contributed by atoms with Crippen molar-refractivity contribution in [2.75, 3.05) is 12.8 Å². The minimum atomic E-state index is -0.414. The molecular formula is C17H19ClFN3OS. The molecule has 0 aliphatic rings. The zero-order chi connectivity index (χ0) is 17.9. The van der Waals surface area contributed by atoms with Crippen LogP contribution in [0.4, 0.5) is 4.39 Å². The van der Waals surface area contributed by atoms with E-state index in [0.29, 0.717) is 15.7 Å². The summed E-state index contributed by atoms with van der Waals surface area (Å²) in [7, 11) is 1.62. The Hall–Kier alpha value is -1.66. The fourth-order valence-corrected chi connectivity index (χ4v) is 3.15. The summed E-state index contributed by atoms with van der Waals surface area (Å²) in [6, 6.07) is 4.48. The average molecular weight is 368 g/mol. The molecule has 0 spiro atoms. The van der Waals surface area contributed by atoms with Crippen LogP contribution in [0.3, 0.4) is 0 Å². The normalized spacial score (nSPS) is 10.8. The van der Waals surface area contributed by atoms with Crippen molar-refractivity contribution in [2.24, 2.45) is 0 Å². The smallest absolute Gasteiger partial charge is 0.233 e. The summed E-state index contributed by atoms with van der Waals surface area (Å²) < 4.78 is 13.8. The zero-order valence-corrected chi connectivity index (χ0v) is 15.6. The summed E-state index contributed by atoms with van der Waals surface area (Å²) in [5, 5.41) is 0.886. The van der Waals surface area contributed by atoms with E-state index in [9.17, 15) is 9.18 Å². The van der Waals surface area contributed by atoms with E-state index in [-0.39, 0.29) is 18.2 Å². The number of aryl methyl sites for hydroxylation is 2. The van der Waals surface area contributed by atoms with Crippen LogP contribution in [-0.2, 0) is 11.3 Å². The van der Waals surface area contributed by atoms with E-state index >= 15 is 0 Å². The molecule has 0 bridgehead atoms. The highest BCUT2D eigenvalue weighted by atomic mass is 35.5. The first kappa shape index (κ1) is 18.7. The van der Waals surface area contributed by atoms with Crippen molar-refractivity contribution in [3.63, 3.8) is 0 Å². The number of amides is 1. The molecule has 1 aromatic carbocycles. The molecule has 24 heavy (non-hydrogen) atoms. The third kappa shape index (κ3) is 4.45. The molecule has 0 N–H and O–H groups in total. The summed E-state index contributed by atoms with van der Waals surface area (Å²) in [6.07, 6.45) is 0. The molecule has 2 rings (SSSR count). The lowest BCUT2D eigenvalue weighted by atomic mass is 10.2. The molecule has 1 heterocycles. The van der Waals surface area contributed by atoms with Crippen LogP contribution in [-0.4, -0.2) is 33.6 Å². The maximum absolute atomic E-state index is 13.8. The number of aromatic nitrogens is 2. The van der Waals surface area contributed by atoms with Gasteiger partial charge in [0, 0.05) is 35.6 Å². The van der Waals surface area contributed by atoms with Gasteiger partial charge in [-0.1, -0.05) is 29.4 Å². The second-order valence-electron chi connectivity index (χ2n) is 5.54. The molecule has 0 aliphatic carbocycles. The van der Waals surface area contributed by atoms with E-state index in [0.717, 1.165) is 17.0 Å². The number of halogens is 2. The third-order valence-corrected chi connectivity index (χ3v) is 5.01.